The number of nitrogens with one attached hydrogen (secondary N) is 1. The number of nitrogens with two attached hydrogens (primary N) is 1. The number of nitrogens with zero attached hydrogens (tertiary/aromatic N) is 1. The van der Waals surface area contributed by atoms with E-state index in [2.05, 4.69) is 5.32 Å². The molecule has 0 aliphatic carbocycles. The minimum absolute atomic E-state index is 0.138. The molecule has 0 unspecified atom stereocenters. The van der Waals surface area contributed by atoms with Crippen LogP contribution in [0.2, 0.25) is 0 Å². The van der Waals surface area contributed by atoms with Crippen molar-refractivity contribution >= 4 is 22.1 Å². The van der Waals surface area contributed by atoms with Crippen LogP contribution in [0.3, 0.4) is 0 Å². The van der Waals surface area contributed by atoms with E-state index >= 15 is 0 Å². The van der Waals surface area contributed by atoms with Gasteiger partial charge in [0.15, 0.2) is 0 Å². The molecular formula is C14H19N3O5S. The number of carbonyl (C=O) groups excluding carboxylic acids is 1. The Morgan fingerprint density at radius 3 is 2.26 bits per heavy atom. The van der Waals surface area contributed by atoms with E-state index in [-0.39, 0.29) is 30.5 Å². The van der Waals surface area contributed by atoms with Gasteiger partial charge < -0.3 is 10.4 Å². The highest BCUT2D eigenvalue weighted by molar-refractivity contribution is 7.86. The summed E-state index contributed by atoms with van der Waals surface area (Å²) >= 11 is 0. The van der Waals surface area contributed by atoms with Crippen LogP contribution in [0.4, 0.5) is 0 Å². The molecule has 0 spiro atoms. The zero-order chi connectivity index (χ0) is 17.0. The third-order valence-electron chi connectivity index (χ3n) is 3.85. The molecule has 1 aliphatic heterocycles. The van der Waals surface area contributed by atoms with Crippen LogP contribution in [0.1, 0.15) is 28.8 Å². The molecule has 2 rings (SSSR count). The summed E-state index contributed by atoms with van der Waals surface area (Å²) < 4.78 is 23.6. The van der Waals surface area contributed by atoms with Crippen molar-refractivity contribution < 1.29 is 23.1 Å². The lowest BCUT2D eigenvalue weighted by molar-refractivity contribution is -0.126. The fourth-order valence-corrected chi connectivity index (χ4v) is 3.19. The highest BCUT2D eigenvalue weighted by atomic mass is 32.2. The highest BCUT2D eigenvalue weighted by Gasteiger charge is 2.29. The van der Waals surface area contributed by atoms with Crippen molar-refractivity contribution in [2.75, 3.05) is 13.1 Å². The number of benzene rings is 1. The Bertz CT molecular complexity index is 679. The van der Waals surface area contributed by atoms with Gasteiger partial charge in [-0.3, -0.25) is 4.79 Å². The lowest BCUT2D eigenvalue weighted by atomic mass is 9.97. The van der Waals surface area contributed by atoms with Crippen molar-refractivity contribution in [2.24, 2.45) is 11.1 Å². The summed E-state index contributed by atoms with van der Waals surface area (Å²) in [4.78, 5) is 22.9. The minimum Gasteiger partial charge on any atom is -0.478 e. The van der Waals surface area contributed by atoms with E-state index in [4.69, 9.17) is 10.2 Å². The lowest BCUT2D eigenvalue weighted by Gasteiger charge is -2.29. The van der Waals surface area contributed by atoms with Gasteiger partial charge in [-0.15, -0.1) is 0 Å². The molecule has 4 N–H and O–H groups in total. The van der Waals surface area contributed by atoms with Crippen LogP contribution in [0.25, 0.3) is 0 Å². The molecule has 1 amide bonds. The van der Waals surface area contributed by atoms with Gasteiger partial charge in [0, 0.05) is 25.6 Å². The van der Waals surface area contributed by atoms with Gasteiger partial charge >= 0.3 is 5.97 Å². The standard InChI is InChI=1S/C14H19N3O5S/c15-23(21,22)17-7-5-11(6-8-17)13(18)16-9-10-1-3-12(4-2-10)14(19)20/h1-4,11H,5-9H2,(H,16,18)(H,19,20)(H2,15,21,22). The fraction of sp³-hybridized carbons (Fsp3) is 0.429. The zero-order valence-electron chi connectivity index (χ0n) is 12.4. The van der Waals surface area contributed by atoms with Crippen molar-refractivity contribution in [1.82, 2.24) is 9.62 Å². The Hall–Kier alpha value is -1.97. The van der Waals surface area contributed by atoms with Crippen molar-refractivity contribution in [2.45, 2.75) is 19.4 Å². The van der Waals surface area contributed by atoms with Crippen molar-refractivity contribution in [1.29, 1.82) is 0 Å². The Morgan fingerprint density at radius 2 is 1.78 bits per heavy atom. The van der Waals surface area contributed by atoms with E-state index < -0.39 is 16.2 Å². The van der Waals surface area contributed by atoms with Crippen LogP contribution < -0.4 is 10.5 Å². The second kappa shape index (κ2) is 7.07. The van der Waals surface area contributed by atoms with Gasteiger partial charge in [0.1, 0.15) is 0 Å². The second-order valence-corrected chi connectivity index (χ2v) is 6.98. The van der Waals surface area contributed by atoms with Crippen LogP contribution >= 0.6 is 0 Å². The van der Waals surface area contributed by atoms with Crippen molar-refractivity contribution in [3.8, 4) is 0 Å². The van der Waals surface area contributed by atoms with Crippen LogP contribution in [0.5, 0.6) is 0 Å². The Morgan fingerprint density at radius 1 is 1.22 bits per heavy atom. The first-order valence-electron chi connectivity index (χ1n) is 7.15. The predicted octanol–water partition coefficient (Wildman–Crippen LogP) is -0.0835. The molecule has 1 aliphatic rings. The average Bonchev–Trinajstić information content (AvgIpc) is 2.52. The van der Waals surface area contributed by atoms with E-state index in [0.29, 0.717) is 19.4 Å². The SMILES string of the molecule is NS(=O)(=O)N1CCC(C(=O)NCc2ccc(C(=O)O)cc2)CC1. The number of rotatable bonds is 5. The average molecular weight is 341 g/mol. The topological polar surface area (TPSA) is 130 Å². The number of hydrogen-bond acceptors (Lipinski definition) is 4. The fourth-order valence-electron chi connectivity index (χ4n) is 2.47. The monoisotopic (exact) mass is 341 g/mol. The van der Waals surface area contributed by atoms with E-state index in [1.54, 1.807) is 12.1 Å². The number of piperidine rings is 1. The molecule has 9 heteroatoms. The molecule has 0 bridgehead atoms. The summed E-state index contributed by atoms with van der Waals surface area (Å²) in [5.41, 5.74) is 0.987. The first-order valence-corrected chi connectivity index (χ1v) is 8.65. The largest absolute Gasteiger partial charge is 0.478 e. The maximum Gasteiger partial charge on any atom is 0.335 e. The molecule has 1 aromatic rings. The molecule has 0 saturated carbocycles. The van der Waals surface area contributed by atoms with Crippen LogP contribution in [-0.4, -0.2) is 42.8 Å². The van der Waals surface area contributed by atoms with Crippen LogP contribution in [-0.2, 0) is 21.5 Å². The summed E-state index contributed by atoms with van der Waals surface area (Å²) in [6.45, 7) is 0.780. The summed E-state index contributed by atoms with van der Waals surface area (Å²) in [6, 6.07) is 6.25. The zero-order valence-corrected chi connectivity index (χ0v) is 13.3. The van der Waals surface area contributed by atoms with E-state index in [1.807, 2.05) is 0 Å². The smallest absolute Gasteiger partial charge is 0.335 e. The van der Waals surface area contributed by atoms with Gasteiger partial charge in [-0.25, -0.2) is 9.93 Å². The van der Waals surface area contributed by atoms with Gasteiger partial charge in [-0.1, -0.05) is 12.1 Å². The number of amides is 1. The van der Waals surface area contributed by atoms with Gasteiger partial charge in [-0.2, -0.15) is 12.7 Å². The van der Waals surface area contributed by atoms with Gasteiger partial charge in [0.05, 0.1) is 5.56 Å². The summed E-state index contributed by atoms with van der Waals surface area (Å²) in [5, 5.41) is 16.7. The predicted molar refractivity (Wildman–Crippen MR) is 82.7 cm³/mol. The molecule has 126 valence electrons. The molecule has 1 fully saturated rings. The maximum atomic E-state index is 12.1. The van der Waals surface area contributed by atoms with E-state index in [0.717, 1.165) is 5.56 Å². The molecule has 8 nitrogen and oxygen atoms in total. The maximum absolute atomic E-state index is 12.1. The molecule has 0 radical (unpaired) electrons. The van der Waals surface area contributed by atoms with Gasteiger partial charge in [0.2, 0.25) is 5.91 Å². The van der Waals surface area contributed by atoms with Crippen molar-refractivity contribution in [3.05, 3.63) is 35.4 Å². The Labute approximate surface area is 134 Å². The minimum atomic E-state index is -3.69. The molecule has 1 saturated heterocycles. The molecule has 0 atom stereocenters. The Balaban J connectivity index is 1.83. The number of hydrogen-bond donors (Lipinski definition) is 3. The molecular weight excluding hydrogens is 322 g/mol. The van der Waals surface area contributed by atoms with Crippen LogP contribution in [0.15, 0.2) is 24.3 Å². The number of carbonyl (C=O) groups is 2. The molecule has 23 heavy (non-hydrogen) atoms. The van der Waals surface area contributed by atoms with E-state index in [1.165, 1.54) is 16.4 Å². The number of carboxylic acid groups (broad SMARTS) is 1. The second-order valence-electron chi connectivity index (χ2n) is 5.44. The summed E-state index contributed by atoms with van der Waals surface area (Å²) in [7, 11) is -3.69. The van der Waals surface area contributed by atoms with Crippen LogP contribution in [0, 0.1) is 5.92 Å². The third kappa shape index (κ3) is 4.75. The lowest BCUT2D eigenvalue weighted by Crippen LogP contribution is -2.45. The number of carboxylic acids is 1. The quantitative estimate of drug-likeness (QED) is 0.689. The highest BCUT2D eigenvalue weighted by Crippen LogP contribution is 2.18. The number of aromatic carboxylic acids is 1. The molecule has 1 aromatic carbocycles. The molecule has 0 aromatic heterocycles. The third-order valence-corrected chi connectivity index (χ3v) is 4.94. The summed E-state index contributed by atoms with van der Waals surface area (Å²) in [6.07, 6.45) is 0.862. The normalized spacial score (nSPS) is 16.9. The molecule has 1 heterocycles. The van der Waals surface area contributed by atoms with Crippen molar-refractivity contribution in [3.63, 3.8) is 0 Å². The first kappa shape index (κ1) is 17.4. The Kier molecular flexibility index (Phi) is 5.34. The van der Waals surface area contributed by atoms with Gasteiger partial charge in [0.25, 0.3) is 10.2 Å². The van der Waals surface area contributed by atoms with Gasteiger partial charge in [-0.05, 0) is 30.5 Å². The van der Waals surface area contributed by atoms with E-state index in [9.17, 15) is 18.0 Å². The summed E-state index contributed by atoms with van der Waals surface area (Å²) in [5.74, 6) is -1.38. The first-order chi connectivity index (χ1) is 10.8.